The van der Waals surface area contributed by atoms with Crippen molar-refractivity contribution in [3.63, 3.8) is 0 Å². The molecule has 90 valence electrons. The molecule has 2 aromatic heterocycles. The smallest absolute Gasteiger partial charge is 0.148 e. The van der Waals surface area contributed by atoms with Gasteiger partial charge in [0.05, 0.1) is 0 Å². The Morgan fingerprint density at radius 1 is 1.53 bits per heavy atom. The van der Waals surface area contributed by atoms with Crippen LogP contribution in [0, 0.1) is 0 Å². The van der Waals surface area contributed by atoms with Crippen molar-refractivity contribution in [3.05, 3.63) is 27.6 Å². The second-order valence-corrected chi connectivity index (χ2v) is 5.78. The summed E-state index contributed by atoms with van der Waals surface area (Å²) in [6.45, 7) is 2.89. The van der Waals surface area contributed by atoms with E-state index in [1.165, 1.54) is 22.0 Å². The number of hydrazine groups is 1. The molecular formula is C10H13N5S2. The van der Waals surface area contributed by atoms with Crippen LogP contribution in [0.1, 0.15) is 16.1 Å². The standard InChI is InChI=1S/C10H13N5S2/c11-12-10-8(13-14-17-10)6-15-3-1-9-7(5-15)2-4-16-9/h2,4,12H,1,3,5-6,11H2. The molecule has 0 bridgehead atoms. The van der Waals surface area contributed by atoms with Crippen molar-refractivity contribution >= 4 is 27.9 Å². The minimum atomic E-state index is 0.811. The van der Waals surface area contributed by atoms with Gasteiger partial charge in [0.15, 0.2) is 0 Å². The van der Waals surface area contributed by atoms with Gasteiger partial charge in [0, 0.05) is 36.0 Å². The van der Waals surface area contributed by atoms with Gasteiger partial charge >= 0.3 is 0 Å². The summed E-state index contributed by atoms with van der Waals surface area (Å²) in [5.41, 5.74) is 5.04. The first kappa shape index (κ1) is 11.1. The number of aromatic nitrogens is 2. The van der Waals surface area contributed by atoms with Crippen molar-refractivity contribution in [2.75, 3.05) is 12.0 Å². The number of nitrogens with one attached hydrogen (secondary N) is 1. The molecular weight excluding hydrogens is 254 g/mol. The van der Waals surface area contributed by atoms with Crippen LogP contribution in [0.5, 0.6) is 0 Å². The van der Waals surface area contributed by atoms with Crippen LogP contribution in [0.3, 0.4) is 0 Å². The van der Waals surface area contributed by atoms with Gasteiger partial charge in [0.2, 0.25) is 0 Å². The van der Waals surface area contributed by atoms with Crippen molar-refractivity contribution in [1.29, 1.82) is 0 Å². The quantitative estimate of drug-likeness (QED) is 0.651. The molecule has 3 heterocycles. The maximum atomic E-state index is 5.42. The van der Waals surface area contributed by atoms with Gasteiger partial charge in [-0.3, -0.25) is 4.90 Å². The lowest BCUT2D eigenvalue weighted by molar-refractivity contribution is 0.245. The Morgan fingerprint density at radius 2 is 2.47 bits per heavy atom. The molecule has 5 nitrogen and oxygen atoms in total. The molecule has 0 spiro atoms. The topological polar surface area (TPSA) is 67.1 Å². The molecule has 7 heteroatoms. The Labute approximate surface area is 107 Å². The molecule has 0 unspecified atom stereocenters. The van der Waals surface area contributed by atoms with Gasteiger partial charge in [-0.2, -0.15) is 0 Å². The molecule has 0 radical (unpaired) electrons. The number of rotatable bonds is 3. The first-order valence-electron chi connectivity index (χ1n) is 5.42. The fraction of sp³-hybridized carbons (Fsp3) is 0.400. The molecule has 3 N–H and O–H groups in total. The van der Waals surface area contributed by atoms with Crippen molar-refractivity contribution in [3.8, 4) is 0 Å². The van der Waals surface area contributed by atoms with Crippen LogP contribution in [0.4, 0.5) is 5.00 Å². The number of anilines is 1. The van der Waals surface area contributed by atoms with E-state index in [1.807, 2.05) is 11.3 Å². The zero-order chi connectivity index (χ0) is 11.7. The van der Waals surface area contributed by atoms with Crippen LogP contribution >= 0.6 is 22.9 Å². The molecule has 0 amide bonds. The van der Waals surface area contributed by atoms with Crippen LogP contribution in [-0.4, -0.2) is 21.0 Å². The van der Waals surface area contributed by atoms with Crippen molar-refractivity contribution in [2.45, 2.75) is 19.5 Å². The average molecular weight is 267 g/mol. The molecule has 1 aliphatic heterocycles. The summed E-state index contributed by atoms with van der Waals surface area (Å²) < 4.78 is 3.92. The van der Waals surface area contributed by atoms with Crippen LogP contribution in [0.25, 0.3) is 0 Å². The molecule has 17 heavy (non-hydrogen) atoms. The third kappa shape index (κ3) is 2.19. The maximum Gasteiger partial charge on any atom is 0.148 e. The second kappa shape index (κ2) is 4.69. The van der Waals surface area contributed by atoms with Gasteiger partial charge in [-0.1, -0.05) is 4.49 Å². The SMILES string of the molecule is NNc1snnc1CN1CCc2sccc2C1. The van der Waals surface area contributed by atoms with E-state index in [1.54, 1.807) is 0 Å². The van der Waals surface area contributed by atoms with Gasteiger partial charge in [-0.25, -0.2) is 5.84 Å². The summed E-state index contributed by atoms with van der Waals surface area (Å²) in [5, 5.41) is 7.15. The zero-order valence-electron chi connectivity index (χ0n) is 9.22. The van der Waals surface area contributed by atoms with Crippen LogP contribution < -0.4 is 11.3 Å². The largest absolute Gasteiger partial charge is 0.313 e. The summed E-state index contributed by atoms with van der Waals surface area (Å²) in [5.74, 6) is 5.42. The lowest BCUT2D eigenvalue weighted by Gasteiger charge is -2.26. The minimum absolute atomic E-state index is 0.811. The number of hydrogen-bond donors (Lipinski definition) is 2. The van der Waals surface area contributed by atoms with Gasteiger partial charge in [0.25, 0.3) is 0 Å². The highest BCUT2D eigenvalue weighted by molar-refractivity contribution is 7.10. The van der Waals surface area contributed by atoms with Crippen molar-refractivity contribution in [2.24, 2.45) is 5.84 Å². The Kier molecular flexibility index (Phi) is 3.06. The van der Waals surface area contributed by atoms with Gasteiger partial charge < -0.3 is 5.43 Å². The highest BCUT2D eigenvalue weighted by Crippen LogP contribution is 2.26. The van der Waals surface area contributed by atoms with Gasteiger partial charge in [-0.05, 0) is 23.4 Å². The molecule has 0 aromatic carbocycles. The van der Waals surface area contributed by atoms with E-state index in [4.69, 9.17) is 5.84 Å². The molecule has 1 aliphatic rings. The highest BCUT2D eigenvalue weighted by Gasteiger charge is 2.19. The zero-order valence-corrected chi connectivity index (χ0v) is 10.9. The predicted octanol–water partition coefficient (Wildman–Crippen LogP) is 1.44. The van der Waals surface area contributed by atoms with Gasteiger partial charge in [0.1, 0.15) is 10.7 Å². The van der Waals surface area contributed by atoms with Crippen LogP contribution in [0.2, 0.25) is 0 Å². The normalized spacial score (nSPS) is 15.8. The maximum absolute atomic E-state index is 5.42. The first-order chi connectivity index (χ1) is 8.36. The summed E-state index contributed by atoms with van der Waals surface area (Å²) in [6.07, 6.45) is 1.13. The summed E-state index contributed by atoms with van der Waals surface area (Å²) >= 11 is 3.16. The Bertz CT molecular complexity index is 506. The third-order valence-corrected chi connectivity index (χ3v) is 4.67. The predicted molar refractivity (Wildman–Crippen MR) is 69.9 cm³/mol. The Morgan fingerprint density at radius 3 is 3.35 bits per heavy atom. The van der Waals surface area contributed by atoms with E-state index in [2.05, 4.69) is 31.4 Å². The molecule has 2 aromatic rings. The fourth-order valence-corrected chi connectivity index (χ4v) is 3.45. The number of nitrogens with two attached hydrogens (primary N) is 1. The van der Waals surface area contributed by atoms with E-state index in [-0.39, 0.29) is 0 Å². The third-order valence-electron chi connectivity index (χ3n) is 2.95. The number of fused-ring (bicyclic) bond motifs is 1. The number of nitrogens with zero attached hydrogens (tertiary/aromatic N) is 3. The number of hydrogen-bond acceptors (Lipinski definition) is 7. The first-order valence-corrected chi connectivity index (χ1v) is 7.07. The summed E-state index contributed by atoms with van der Waals surface area (Å²) in [4.78, 5) is 3.90. The molecule has 0 fully saturated rings. The Balaban J connectivity index is 1.72. The summed E-state index contributed by atoms with van der Waals surface area (Å²) in [7, 11) is 0. The van der Waals surface area contributed by atoms with Gasteiger partial charge in [-0.15, -0.1) is 16.4 Å². The molecule has 0 atom stereocenters. The van der Waals surface area contributed by atoms with E-state index in [0.29, 0.717) is 0 Å². The van der Waals surface area contributed by atoms with Crippen LogP contribution in [-0.2, 0) is 19.5 Å². The molecule has 0 saturated carbocycles. The lowest BCUT2D eigenvalue weighted by Crippen LogP contribution is -2.29. The van der Waals surface area contributed by atoms with E-state index in [0.717, 1.165) is 36.8 Å². The average Bonchev–Trinajstić information content (AvgIpc) is 2.96. The molecule has 3 rings (SSSR count). The van der Waals surface area contributed by atoms with E-state index in [9.17, 15) is 0 Å². The molecule has 0 saturated heterocycles. The summed E-state index contributed by atoms with van der Waals surface area (Å²) in [6, 6.07) is 2.22. The Hall–Kier alpha value is -1.02. The molecule has 0 aliphatic carbocycles. The van der Waals surface area contributed by atoms with Crippen LogP contribution in [0.15, 0.2) is 11.4 Å². The second-order valence-electron chi connectivity index (χ2n) is 4.02. The monoisotopic (exact) mass is 267 g/mol. The van der Waals surface area contributed by atoms with E-state index >= 15 is 0 Å². The van der Waals surface area contributed by atoms with E-state index < -0.39 is 0 Å². The number of thiophene rings is 1. The van der Waals surface area contributed by atoms with Crippen molar-refractivity contribution < 1.29 is 0 Å². The van der Waals surface area contributed by atoms with Crippen molar-refractivity contribution in [1.82, 2.24) is 14.5 Å². The highest BCUT2D eigenvalue weighted by atomic mass is 32.1. The minimum Gasteiger partial charge on any atom is -0.313 e. The number of nitrogen functional groups attached to an aromatic ring is 1. The fourth-order valence-electron chi connectivity index (χ4n) is 2.08. The lowest BCUT2D eigenvalue weighted by atomic mass is 10.1.